The number of benzene rings is 1. The van der Waals surface area contributed by atoms with Crippen LogP contribution in [0.3, 0.4) is 0 Å². The zero-order chi connectivity index (χ0) is 20.7. The fourth-order valence-electron chi connectivity index (χ4n) is 3.51. The Balaban J connectivity index is 0.000000345. The summed E-state index contributed by atoms with van der Waals surface area (Å²) >= 11 is 6.29. The van der Waals surface area contributed by atoms with E-state index in [2.05, 4.69) is 10.2 Å². The molecule has 3 rings (SSSR count). The molecule has 0 aromatic heterocycles. The molecule has 1 saturated heterocycles. The quantitative estimate of drug-likeness (QED) is 0.776. The number of nitrogens with zero attached hydrogens (tertiary/aromatic N) is 1. The van der Waals surface area contributed by atoms with E-state index in [0.29, 0.717) is 18.5 Å². The molecule has 1 aromatic rings. The van der Waals surface area contributed by atoms with Crippen molar-refractivity contribution in [3.63, 3.8) is 0 Å². The van der Waals surface area contributed by atoms with Crippen molar-refractivity contribution in [1.29, 1.82) is 0 Å². The summed E-state index contributed by atoms with van der Waals surface area (Å²) in [4.78, 5) is 23.9. The minimum atomic E-state index is -5.08. The van der Waals surface area contributed by atoms with Gasteiger partial charge in [-0.15, -0.1) is 0 Å². The minimum Gasteiger partial charge on any atom is -0.475 e. The van der Waals surface area contributed by atoms with Gasteiger partial charge in [0.2, 0.25) is 5.91 Å². The summed E-state index contributed by atoms with van der Waals surface area (Å²) in [7, 11) is 0. The number of carbonyl (C=O) groups excluding carboxylic acids is 1. The second-order valence-electron chi connectivity index (χ2n) is 6.99. The molecule has 1 atom stereocenters. The molecule has 0 radical (unpaired) electrons. The highest BCUT2D eigenvalue weighted by Crippen LogP contribution is 2.29. The lowest BCUT2D eigenvalue weighted by Crippen LogP contribution is -2.42. The van der Waals surface area contributed by atoms with E-state index in [9.17, 15) is 18.0 Å². The fraction of sp³-hybridized carbons (Fsp3) is 0.579. The summed E-state index contributed by atoms with van der Waals surface area (Å²) in [6.45, 7) is 2.44. The molecular weight excluding hydrogens is 397 g/mol. The van der Waals surface area contributed by atoms with Crippen molar-refractivity contribution in [3.8, 4) is 0 Å². The van der Waals surface area contributed by atoms with E-state index in [4.69, 9.17) is 21.5 Å². The van der Waals surface area contributed by atoms with Crippen molar-refractivity contribution in [3.05, 3.63) is 34.9 Å². The van der Waals surface area contributed by atoms with Crippen LogP contribution in [0.5, 0.6) is 0 Å². The normalized spacial score (nSPS) is 19.8. The van der Waals surface area contributed by atoms with Crippen LogP contribution in [0.15, 0.2) is 24.3 Å². The highest BCUT2D eigenvalue weighted by atomic mass is 35.5. The highest BCUT2D eigenvalue weighted by Gasteiger charge is 2.38. The Labute approximate surface area is 166 Å². The van der Waals surface area contributed by atoms with Crippen molar-refractivity contribution < 1.29 is 27.9 Å². The van der Waals surface area contributed by atoms with Gasteiger partial charge in [-0.1, -0.05) is 42.6 Å². The average Bonchev–Trinajstić information content (AvgIpc) is 3.34. The zero-order valence-electron chi connectivity index (χ0n) is 15.3. The fourth-order valence-corrected chi connectivity index (χ4v) is 3.71. The first-order valence-electron chi connectivity index (χ1n) is 9.25. The first-order chi connectivity index (χ1) is 13.2. The first kappa shape index (κ1) is 22.5. The number of carboxylic acid groups (broad SMARTS) is 1. The second-order valence-corrected chi connectivity index (χ2v) is 7.40. The number of halogens is 4. The standard InChI is InChI=1S/C17H23ClN2O.C2HF3O2/c18-16-8-4-1-5-14(16)12-20(15-6-2-3-7-15)17(21)13-9-10-19-11-13;3-2(4,5)1(6)7/h1,4-5,8,13,15,19H,2-3,6-7,9-12H2;(H,6,7). The molecule has 1 heterocycles. The van der Waals surface area contributed by atoms with Crippen LogP contribution >= 0.6 is 11.6 Å². The monoisotopic (exact) mass is 420 g/mol. The molecule has 0 spiro atoms. The third-order valence-electron chi connectivity index (χ3n) is 5.00. The molecule has 156 valence electrons. The van der Waals surface area contributed by atoms with Crippen molar-refractivity contribution in [2.24, 2.45) is 5.92 Å². The van der Waals surface area contributed by atoms with Gasteiger partial charge < -0.3 is 15.3 Å². The Bertz CT molecular complexity index is 673. The molecule has 9 heteroatoms. The number of amides is 1. The third-order valence-corrected chi connectivity index (χ3v) is 5.37. The molecule has 1 amide bonds. The number of rotatable bonds is 4. The van der Waals surface area contributed by atoms with Gasteiger partial charge in [0.1, 0.15) is 0 Å². The topological polar surface area (TPSA) is 69.6 Å². The number of hydrogen-bond donors (Lipinski definition) is 2. The predicted molar refractivity (Wildman–Crippen MR) is 98.9 cm³/mol. The Morgan fingerprint density at radius 3 is 2.29 bits per heavy atom. The summed E-state index contributed by atoms with van der Waals surface area (Å²) in [6.07, 6.45) is 0.622. The first-order valence-corrected chi connectivity index (χ1v) is 9.62. The summed E-state index contributed by atoms with van der Waals surface area (Å²) in [5, 5.41) is 11.2. The number of aliphatic carboxylic acids is 1. The Morgan fingerprint density at radius 1 is 1.18 bits per heavy atom. The predicted octanol–water partition coefficient (Wildman–Crippen LogP) is 3.85. The molecular formula is C19H24ClF3N2O3. The number of carbonyl (C=O) groups is 2. The van der Waals surface area contributed by atoms with Crippen molar-refractivity contribution in [2.75, 3.05) is 13.1 Å². The molecule has 5 nitrogen and oxygen atoms in total. The van der Waals surface area contributed by atoms with Gasteiger partial charge in [-0.05, 0) is 37.4 Å². The molecule has 28 heavy (non-hydrogen) atoms. The number of hydrogen-bond acceptors (Lipinski definition) is 3. The van der Waals surface area contributed by atoms with Gasteiger partial charge >= 0.3 is 12.1 Å². The molecule has 0 bridgehead atoms. The Hall–Kier alpha value is -1.80. The van der Waals surface area contributed by atoms with Crippen LogP contribution in [0.1, 0.15) is 37.7 Å². The van der Waals surface area contributed by atoms with Gasteiger partial charge in [-0.2, -0.15) is 13.2 Å². The van der Waals surface area contributed by atoms with Crippen molar-refractivity contribution >= 4 is 23.5 Å². The van der Waals surface area contributed by atoms with Crippen LogP contribution in [-0.4, -0.2) is 47.2 Å². The molecule has 2 aliphatic rings. The van der Waals surface area contributed by atoms with Gasteiger partial charge in [-0.3, -0.25) is 4.79 Å². The SMILES string of the molecule is O=C(C1CCNC1)N(Cc1ccccc1Cl)C1CCCC1.O=C(O)C(F)(F)F. The van der Waals surface area contributed by atoms with Gasteiger partial charge in [-0.25, -0.2) is 4.79 Å². The summed E-state index contributed by atoms with van der Waals surface area (Å²) < 4.78 is 31.7. The van der Waals surface area contributed by atoms with E-state index >= 15 is 0 Å². The Morgan fingerprint density at radius 2 is 1.79 bits per heavy atom. The van der Waals surface area contributed by atoms with E-state index < -0.39 is 12.1 Å². The van der Waals surface area contributed by atoms with Crippen LogP contribution in [0.25, 0.3) is 0 Å². The lowest BCUT2D eigenvalue weighted by atomic mass is 10.0. The van der Waals surface area contributed by atoms with E-state index in [1.165, 1.54) is 12.8 Å². The molecule has 1 saturated carbocycles. The average molecular weight is 421 g/mol. The lowest BCUT2D eigenvalue weighted by molar-refractivity contribution is -0.192. The summed E-state index contributed by atoms with van der Waals surface area (Å²) in [5.74, 6) is -2.30. The minimum absolute atomic E-state index is 0.146. The van der Waals surface area contributed by atoms with Crippen LogP contribution in [-0.2, 0) is 16.1 Å². The van der Waals surface area contributed by atoms with E-state index in [0.717, 1.165) is 42.9 Å². The highest BCUT2D eigenvalue weighted by molar-refractivity contribution is 6.31. The summed E-state index contributed by atoms with van der Waals surface area (Å²) in [5.41, 5.74) is 1.06. The van der Waals surface area contributed by atoms with E-state index in [-0.39, 0.29) is 5.92 Å². The maximum absolute atomic E-state index is 12.9. The summed E-state index contributed by atoms with van der Waals surface area (Å²) in [6, 6.07) is 8.27. The van der Waals surface area contributed by atoms with Crippen LogP contribution in [0, 0.1) is 5.92 Å². The molecule has 2 N–H and O–H groups in total. The van der Waals surface area contributed by atoms with Gasteiger partial charge in [0, 0.05) is 24.2 Å². The number of carboxylic acids is 1. The van der Waals surface area contributed by atoms with Gasteiger partial charge in [0.05, 0.1) is 5.92 Å². The van der Waals surface area contributed by atoms with Gasteiger partial charge in [0.25, 0.3) is 0 Å². The maximum atomic E-state index is 12.9. The molecule has 1 aliphatic heterocycles. The Kier molecular flexibility index (Phi) is 8.12. The molecule has 2 fully saturated rings. The van der Waals surface area contributed by atoms with Gasteiger partial charge in [0.15, 0.2) is 0 Å². The van der Waals surface area contributed by atoms with Crippen molar-refractivity contribution in [2.45, 2.75) is 50.9 Å². The van der Waals surface area contributed by atoms with Crippen LogP contribution in [0.2, 0.25) is 5.02 Å². The van der Waals surface area contributed by atoms with Crippen LogP contribution in [0.4, 0.5) is 13.2 Å². The lowest BCUT2D eigenvalue weighted by Gasteiger charge is -2.31. The van der Waals surface area contributed by atoms with E-state index in [1.54, 1.807) is 0 Å². The van der Waals surface area contributed by atoms with E-state index in [1.807, 2.05) is 24.3 Å². The number of nitrogens with one attached hydrogen (secondary N) is 1. The maximum Gasteiger partial charge on any atom is 0.490 e. The molecule has 1 aromatic carbocycles. The third kappa shape index (κ3) is 6.38. The second kappa shape index (κ2) is 10.1. The zero-order valence-corrected chi connectivity index (χ0v) is 16.1. The van der Waals surface area contributed by atoms with Crippen molar-refractivity contribution in [1.82, 2.24) is 10.2 Å². The molecule has 1 aliphatic carbocycles. The number of alkyl halides is 3. The molecule has 1 unspecified atom stereocenters. The largest absolute Gasteiger partial charge is 0.490 e. The smallest absolute Gasteiger partial charge is 0.475 e. The van der Waals surface area contributed by atoms with Crippen LogP contribution < -0.4 is 5.32 Å².